The lowest BCUT2D eigenvalue weighted by Crippen LogP contribution is -2.20. The van der Waals surface area contributed by atoms with Crippen LogP contribution in [0.4, 0.5) is 0 Å². The number of aromatic hydroxyl groups is 2. The number of hydrogen-bond acceptors (Lipinski definition) is 5. The van der Waals surface area contributed by atoms with Crippen LogP contribution in [0.1, 0.15) is 19.4 Å². The highest BCUT2D eigenvalue weighted by Crippen LogP contribution is 2.33. The van der Waals surface area contributed by atoms with Crippen LogP contribution in [0.5, 0.6) is 11.5 Å². The Hall–Kier alpha value is -3.35. The number of phenolic OH excluding ortho intramolecular Hbond substituents is 2. The SMILES string of the molecule is CCC(C(=O)O)n1nc(-c2ccccc2O)nc1-c1ccccc1O. The molecule has 7 heteroatoms. The van der Waals surface area contributed by atoms with Gasteiger partial charge >= 0.3 is 5.97 Å². The minimum absolute atomic E-state index is 0.00754. The topological polar surface area (TPSA) is 108 Å². The maximum Gasteiger partial charge on any atom is 0.328 e. The number of aliphatic carboxylic acids is 1. The normalized spacial score (nSPS) is 12.0. The number of hydrogen-bond donors (Lipinski definition) is 3. The molecule has 0 aliphatic carbocycles. The Labute approximate surface area is 143 Å². The standard InChI is InChI=1S/C18H17N3O4/c1-2-13(18(24)25)21-17(12-8-4-6-10-15(12)23)19-16(20-21)11-7-3-5-9-14(11)22/h3-10,13,22-23H,2H2,1H3,(H,24,25). The number of carboxylic acid groups (broad SMARTS) is 1. The summed E-state index contributed by atoms with van der Waals surface area (Å²) in [5.41, 5.74) is 0.759. The first kappa shape index (κ1) is 16.5. The van der Waals surface area contributed by atoms with E-state index in [1.54, 1.807) is 43.3 Å². The van der Waals surface area contributed by atoms with E-state index in [1.807, 2.05) is 0 Å². The van der Waals surface area contributed by atoms with Crippen LogP contribution in [0.2, 0.25) is 0 Å². The van der Waals surface area contributed by atoms with Gasteiger partial charge < -0.3 is 15.3 Å². The fourth-order valence-electron chi connectivity index (χ4n) is 2.62. The Kier molecular flexibility index (Phi) is 4.38. The molecule has 0 aliphatic heterocycles. The van der Waals surface area contributed by atoms with E-state index in [-0.39, 0.29) is 23.1 Å². The minimum atomic E-state index is -1.05. The third kappa shape index (κ3) is 3.03. The molecule has 0 saturated heterocycles. The molecule has 3 N–H and O–H groups in total. The number of carbonyl (C=O) groups is 1. The summed E-state index contributed by atoms with van der Waals surface area (Å²) < 4.78 is 1.28. The van der Waals surface area contributed by atoms with Crippen molar-refractivity contribution in [1.82, 2.24) is 14.8 Å². The minimum Gasteiger partial charge on any atom is -0.507 e. The lowest BCUT2D eigenvalue weighted by molar-refractivity contribution is -0.141. The maximum atomic E-state index is 11.6. The zero-order valence-corrected chi connectivity index (χ0v) is 13.5. The molecule has 0 saturated carbocycles. The largest absolute Gasteiger partial charge is 0.507 e. The molecule has 1 aromatic heterocycles. The van der Waals surface area contributed by atoms with Gasteiger partial charge in [0.05, 0.1) is 11.1 Å². The maximum absolute atomic E-state index is 11.6. The zero-order valence-electron chi connectivity index (χ0n) is 13.5. The summed E-state index contributed by atoms with van der Waals surface area (Å²) in [6.07, 6.45) is 0.291. The van der Waals surface area contributed by atoms with Crippen LogP contribution in [0.15, 0.2) is 48.5 Å². The molecule has 7 nitrogen and oxygen atoms in total. The number of nitrogens with zero attached hydrogens (tertiary/aromatic N) is 3. The fourth-order valence-corrected chi connectivity index (χ4v) is 2.62. The van der Waals surface area contributed by atoms with Gasteiger partial charge in [-0.25, -0.2) is 14.5 Å². The Bertz CT molecular complexity index is 920. The molecule has 0 amide bonds. The molecule has 0 aliphatic rings. The summed E-state index contributed by atoms with van der Waals surface area (Å²) in [7, 11) is 0. The Morgan fingerprint density at radius 2 is 1.60 bits per heavy atom. The van der Waals surface area contributed by atoms with E-state index in [4.69, 9.17) is 0 Å². The van der Waals surface area contributed by atoms with Crippen molar-refractivity contribution in [3.63, 3.8) is 0 Å². The Balaban J connectivity index is 2.24. The molecule has 3 rings (SSSR count). The number of benzene rings is 2. The first-order valence-electron chi connectivity index (χ1n) is 7.79. The van der Waals surface area contributed by atoms with Crippen LogP contribution < -0.4 is 0 Å². The first-order valence-corrected chi connectivity index (χ1v) is 7.79. The van der Waals surface area contributed by atoms with E-state index < -0.39 is 12.0 Å². The summed E-state index contributed by atoms with van der Waals surface area (Å²) >= 11 is 0. The molecular formula is C18H17N3O4. The van der Waals surface area contributed by atoms with Crippen molar-refractivity contribution in [3.05, 3.63) is 48.5 Å². The molecule has 0 bridgehead atoms. The number of aromatic nitrogens is 3. The van der Waals surface area contributed by atoms with Gasteiger partial charge in [-0.3, -0.25) is 0 Å². The van der Waals surface area contributed by atoms with Crippen molar-refractivity contribution in [2.45, 2.75) is 19.4 Å². The molecule has 1 unspecified atom stereocenters. The fraction of sp³-hybridized carbons (Fsp3) is 0.167. The number of carboxylic acids is 1. The quantitative estimate of drug-likeness (QED) is 0.659. The van der Waals surface area contributed by atoms with E-state index in [0.717, 1.165) is 0 Å². The molecule has 2 aromatic carbocycles. The summed E-state index contributed by atoms with van der Waals surface area (Å²) in [5.74, 6) is -0.665. The predicted molar refractivity (Wildman–Crippen MR) is 91.2 cm³/mol. The van der Waals surface area contributed by atoms with Gasteiger partial charge in [-0.15, -0.1) is 5.10 Å². The monoisotopic (exact) mass is 339 g/mol. The lowest BCUT2D eigenvalue weighted by Gasteiger charge is -2.13. The summed E-state index contributed by atoms with van der Waals surface area (Å²) in [4.78, 5) is 16.0. The molecule has 3 aromatic rings. The average molecular weight is 339 g/mol. The van der Waals surface area contributed by atoms with Crippen molar-refractivity contribution in [1.29, 1.82) is 0 Å². The van der Waals surface area contributed by atoms with Gasteiger partial charge in [-0.2, -0.15) is 0 Å². The van der Waals surface area contributed by atoms with Crippen molar-refractivity contribution in [3.8, 4) is 34.3 Å². The molecule has 0 radical (unpaired) electrons. The van der Waals surface area contributed by atoms with E-state index >= 15 is 0 Å². The van der Waals surface area contributed by atoms with Crippen LogP contribution in [0.25, 0.3) is 22.8 Å². The molecular weight excluding hydrogens is 322 g/mol. The van der Waals surface area contributed by atoms with Gasteiger partial charge in [0.25, 0.3) is 0 Å². The van der Waals surface area contributed by atoms with E-state index in [2.05, 4.69) is 10.1 Å². The number of rotatable bonds is 5. The van der Waals surface area contributed by atoms with E-state index in [1.165, 1.54) is 16.8 Å². The van der Waals surface area contributed by atoms with E-state index in [9.17, 15) is 20.1 Å². The summed E-state index contributed by atoms with van der Waals surface area (Å²) in [5, 5.41) is 34.0. The van der Waals surface area contributed by atoms with Crippen molar-refractivity contribution in [2.24, 2.45) is 0 Å². The predicted octanol–water partition coefficient (Wildman–Crippen LogP) is 3.06. The second-order valence-electron chi connectivity index (χ2n) is 5.50. The molecule has 1 heterocycles. The third-order valence-corrected chi connectivity index (χ3v) is 3.89. The van der Waals surface area contributed by atoms with E-state index in [0.29, 0.717) is 17.5 Å². The van der Waals surface area contributed by atoms with Crippen LogP contribution >= 0.6 is 0 Å². The molecule has 25 heavy (non-hydrogen) atoms. The van der Waals surface area contributed by atoms with Crippen LogP contribution in [0.3, 0.4) is 0 Å². The van der Waals surface area contributed by atoms with Gasteiger partial charge in [0, 0.05) is 0 Å². The number of para-hydroxylation sites is 2. The molecule has 1 atom stereocenters. The van der Waals surface area contributed by atoms with Crippen molar-refractivity contribution in [2.75, 3.05) is 0 Å². The van der Waals surface area contributed by atoms with Crippen LogP contribution in [-0.4, -0.2) is 36.1 Å². The second kappa shape index (κ2) is 6.64. The van der Waals surface area contributed by atoms with Crippen LogP contribution in [-0.2, 0) is 4.79 Å². The highest BCUT2D eigenvalue weighted by Gasteiger charge is 2.26. The van der Waals surface area contributed by atoms with Gasteiger partial charge in [-0.05, 0) is 30.7 Å². The average Bonchev–Trinajstić information content (AvgIpc) is 3.00. The Morgan fingerprint density at radius 1 is 1.04 bits per heavy atom. The second-order valence-corrected chi connectivity index (χ2v) is 5.50. The summed E-state index contributed by atoms with van der Waals surface area (Å²) in [6, 6.07) is 12.1. The van der Waals surface area contributed by atoms with Crippen molar-refractivity contribution >= 4 is 5.97 Å². The number of phenols is 2. The molecule has 0 spiro atoms. The lowest BCUT2D eigenvalue weighted by atomic mass is 10.1. The van der Waals surface area contributed by atoms with Gasteiger partial charge in [0.1, 0.15) is 11.5 Å². The van der Waals surface area contributed by atoms with Crippen LogP contribution in [0, 0.1) is 0 Å². The highest BCUT2D eigenvalue weighted by molar-refractivity contribution is 5.75. The van der Waals surface area contributed by atoms with Gasteiger partial charge in [0.2, 0.25) is 0 Å². The zero-order chi connectivity index (χ0) is 18.0. The third-order valence-electron chi connectivity index (χ3n) is 3.89. The Morgan fingerprint density at radius 3 is 2.12 bits per heavy atom. The molecule has 0 fully saturated rings. The smallest absolute Gasteiger partial charge is 0.328 e. The summed E-state index contributed by atoms with van der Waals surface area (Å²) in [6.45, 7) is 1.73. The van der Waals surface area contributed by atoms with Gasteiger partial charge in [0.15, 0.2) is 17.7 Å². The highest BCUT2D eigenvalue weighted by atomic mass is 16.4. The first-order chi connectivity index (χ1) is 12.0. The molecule has 128 valence electrons. The van der Waals surface area contributed by atoms with Crippen molar-refractivity contribution < 1.29 is 20.1 Å². The van der Waals surface area contributed by atoms with Gasteiger partial charge in [-0.1, -0.05) is 31.2 Å².